The van der Waals surface area contributed by atoms with Gasteiger partial charge in [-0.25, -0.2) is 4.79 Å². The van der Waals surface area contributed by atoms with Gasteiger partial charge in [0.25, 0.3) is 11.5 Å². The second-order valence-corrected chi connectivity index (χ2v) is 10.3. The summed E-state index contributed by atoms with van der Waals surface area (Å²) in [6, 6.07) is 6.44. The fraction of sp³-hybridized carbons (Fsp3) is 0.542. The van der Waals surface area contributed by atoms with E-state index < -0.39 is 28.5 Å². The number of ether oxygens (including phenoxy) is 2. The Bertz CT molecular complexity index is 1170. The first-order chi connectivity index (χ1) is 16.6. The molecular formula is C24H31BrN4O6. The summed E-state index contributed by atoms with van der Waals surface area (Å²) in [5, 5.41) is 11.3. The molecule has 1 amide bonds. The number of nitrogens with one attached hydrogen (secondary N) is 1. The highest BCUT2D eigenvalue weighted by molar-refractivity contribution is 9.10. The number of likely N-dealkylation sites (tertiary alicyclic amines) is 1. The molecule has 11 heteroatoms. The molecule has 2 aromatic rings. The number of carbonyl (C=O) groups is 1. The van der Waals surface area contributed by atoms with Crippen LogP contribution in [-0.2, 0) is 4.74 Å². The zero-order chi connectivity index (χ0) is 25.2. The van der Waals surface area contributed by atoms with Crippen LogP contribution >= 0.6 is 15.9 Å². The first-order valence-corrected chi connectivity index (χ1v) is 12.5. The summed E-state index contributed by atoms with van der Waals surface area (Å²) in [5.41, 5.74) is 3.12. The van der Waals surface area contributed by atoms with Gasteiger partial charge in [-0.3, -0.25) is 19.1 Å². The summed E-state index contributed by atoms with van der Waals surface area (Å²) in [6.07, 6.45) is 3.62. The Balaban J connectivity index is 1.38. The van der Waals surface area contributed by atoms with Gasteiger partial charge in [-0.1, -0.05) is 0 Å². The van der Waals surface area contributed by atoms with Gasteiger partial charge in [-0.15, -0.1) is 0 Å². The molecule has 4 rings (SSSR count). The zero-order valence-corrected chi connectivity index (χ0v) is 21.3. The minimum atomic E-state index is -1.24. The highest BCUT2D eigenvalue weighted by atomic mass is 79.9. The molecule has 2 atom stereocenters. The quantitative estimate of drug-likeness (QED) is 0.462. The van der Waals surface area contributed by atoms with E-state index in [4.69, 9.17) is 15.2 Å². The summed E-state index contributed by atoms with van der Waals surface area (Å²) in [7, 11) is 0. The van der Waals surface area contributed by atoms with E-state index in [1.165, 1.54) is 10.8 Å². The van der Waals surface area contributed by atoms with Crippen molar-refractivity contribution < 1.29 is 19.4 Å². The smallest absolute Gasteiger partial charge is 0.328 e. The molecule has 0 saturated carbocycles. The molecule has 1 aromatic carbocycles. The molecule has 1 aromatic heterocycles. The number of hydrogen-bond donors (Lipinski definition) is 3. The number of hydrogen-bond acceptors (Lipinski definition) is 7. The molecule has 10 nitrogen and oxygen atoms in total. The molecule has 0 unspecified atom stereocenters. The monoisotopic (exact) mass is 550 g/mol. The van der Waals surface area contributed by atoms with Crippen molar-refractivity contribution in [2.45, 2.75) is 49.9 Å². The molecule has 2 saturated heterocycles. The molecule has 3 heterocycles. The largest absolute Gasteiger partial charge is 0.494 e. The van der Waals surface area contributed by atoms with Crippen LogP contribution in [0.4, 0.5) is 0 Å². The van der Waals surface area contributed by atoms with E-state index in [9.17, 15) is 19.5 Å². The molecular weight excluding hydrogens is 520 g/mol. The second-order valence-electron chi connectivity index (χ2n) is 9.49. The average molecular weight is 551 g/mol. The molecule has 0 aliphatic carbocycles. The van der Waals surface area contributed by atoms with Crippen molar-refractivity contribution >= 4 is 21.8 Å². The molecule has 0 bridgehead atoms. The van der Waals surface area contributed by atoms with Crippen LogP contribution in [0, 0.1) is 0 Å². The van der Waals surface area contributed by atoms with E-state index in [0.29, 0.717) is 56.8 Å². The first kappa shape index (κ1) is 25.6. The Morgan fingerprint density at radius 2 is 1.97 bits per heavy atom. The van der Waals surface area contributed by atoms with E-state index in [1.807, 2.05) is 0 Å². The van der Waals surface area contributed by atoms with E-state index >= 15 is 0 Å². The highest BCUT2D eigenvalue weighted by Gasteiger charge is 2.50. The van der Waals surface area contributed by atoms with Gasteiger partial charge < -0.3 is 25.2 Å². The second kappa shape index (κ2) is 10.3. The third-order valence-corrected chi connectivity index (χ3v) is 7.45. The Kier molecular flexibility index (Phi) is 7.51. The summed E-state index contributed by atoms with van der Waals surface area (Å²) >= 11 is 3.14. The lowest BCUT2D eigenvalue weighted by Gasteiger charge is -2.51. The van der Waals surface area contributed by atoms with E-state index in [0.717, 1.165) is 6.42 Å². The number of nitrogens with zero attached hydrogens (tertiary/aromatic N) is 2. The van der Waals surface area contributed by atoms with Crippen molar-refractivity contribution in [2.24, 2.45) is 5.73 Å². The number of aliphatic hydroxyl groups is 1. The van der Waals surface area contributed by atoms with Crippen LogP contribution in [0.3, 0.4) is 0 Å². The number of aromatic amines is 1. The van der Waals surface area contributed by atoms with Crippen LogP contribution in [-0.4, -0.2) is 69.5 Å². The minimum absolute atomic E-state index is 0.0570. The lowest BCUT2D eigenvalue weighted by atomic mass is 9.75. The molecule has 190 valence electrons. The van der Waals surface area contributed by atoms with Crippen molar-refractivity contribution in [3.05, 3.63) is 61.3 Å². The van der Waals surface area contributed by atoms with Crippen LogP contribution in [0.5, 0.6) is 5.75 Å². The number of H-pyrrole nitrogens is 1. The van der Waals surface area contributed by atoms with Crippen LogP contribution in [0.2, 0.25) is 0 Å². The number of piperidine rings is 1. The Labute approximate surface area is 211 Å². The lowest BCUT2D eigenvalue weighted by molar-refractivity contribution is -0.195. The maximum absolute atomic E-state index is 13.0. The Morgan fingerprint density at radius 3 is 2.60 bits per heavy atom. The third kappa shape index (κ3) is 5.53. The van der Waals surface area contributed by atoms with Crippen molar-refractivity contribution in [1.82, 2.24) is 14.5 Å². The van der Waals surface area contributed by atoms with Crippen LogP contribution in [0.1, 0.15) is 49.0 Å². The Morgan fingerprint density at radius 1 is 1.29 bits per heavy atom. The summed E-state index contributed by atoms with van der Waals surface area (Å²) in [5.74, 6) is 0.645. The van der Waals surface area contributed by atoms with Gasteiger partial charge in [-0.2, -0.15) is 0 Å². The molecule has 1 spiro atoms. The van der Waals surface area contributed by atoms with Crippen LogP contribution in [0.15, 0.2) is 44.5 Å². The average Bonchev–Trinajstić information content (AvgIpc) is 2.82. The minimum Gasteiger partial charge on any atom is -0.494 e. The molecule has 4 N–H and O–H groups in total. The molecule has 0 radical (unpaired) electrons. The van der Waals surface area contributed by atoms with Crippen LogP contribution in [0.25, 0.3) is 0 Å². The maximum Gasteiger partial charge on any atom is 0.328 e. The van der Waals surface area contributed by atoms with Gasteiger partial charge in [0.1, 0.15) is 5.75 Å². The number of carbonyl (C=O) groups excluding carboxylic acids is 1. The van der Waals surface area contributed by atoms with Crippen molar-refractivity contribution in [3.8, 4) is 5.75 Å². The fourth-order valence-corrected chi connectivity index (χ4v) is 5.24. The predicted octanol–water partition coefficient (Wildman–Crippen LogP) is 1.41. The third-order valence-electron chi connectivity index (χ3n) is 6.89. The molecule has 2 fully saturated rings. The number of rotatable bonds is 6. The van der Waals surface area contributed by atoms with Crippen molar-refractivity contribution in [3.63, 3.8) is 0 Å². The molecule has 35 heavy (non-hydrogen) atoms. The van der Waals surface area contributed by atoms with Gasteiger partial charge in [0, 0.05) is 31.3 Å². The van der Waals surface area contributed by atoms with Gasteiger partial charge in [0.15, 0.2) is 0 Å². The van der Waals surface area contributed by atoms with E-state index in [1.54, 1.807) is 36.1 Å². The van der Waals surface area contributed by atoms with Crippen molar-refractivity contribution in [1.29, 1.82) is 0 Å². The normalized spacial score (nSPS) is 23.9. The number of halogens is 1. The fourth-order valence-electron chi connectivity index (χ4n) is 4.92. The standard InChI is InChI=1S/C24H31BrN4O6/c1-23(33)15-24(35-14-19(23)29-13-18(25)20(30)27-22(29)32)7-10-28(11-8-24)21(31)16-3-5-17(6-4-16)34-12-2-9-26/h3-6,13,19,33H,2,7-12,14-15,26H2,1H3,(H,27,30,32)/t19-,23-/m0/s1. The van der Waals surface area contributed by atoms with E-state index in [2.05, 4.69) is 20.9 Å². The number of benzene rings is 1. The highest BCUT2D eigenvalue weighted by Crippen LogP contribution is 2.43. The lowest BCUT2D eigenvalue weighted by Crippen LogP contribution is -2.59. The number of nitrogens with two attached hydrogens (primary N) is 1. The Hall–Kier alpha value is -2.47. The molecule has 2 aliphatic rings. The maximum atomic E-state index is 13.0. The predicted molar refractivity (Wildman–Crippen MR) is 133 cm³/mol. The van der Waals surface area contributed by atoms with E-state index in [-0.39, 0.29) is 17.0 Å². The topological polar surface area (TPSA) is 140 Å². The summed E-state index contributed by atoms with van der Waals surface area (Å²) in [4.78, 5) is 41.1. The summed E-state index contributed by atoms with van der Waals surface area (Å²) in [6.45, 7) is 3.90. The number of aromatic nitrogens is 2. The SMILES string of the molecule is C[C@]1(O)CC2(CCN(C(=O)c3ccc(OCCCN)cc3)CC2)OC[C@@H]1n1cc(Br)c(=O)[nH]c1=O. The molecule has 2 aliphatic heterocycles. The first-order valence-electron chi connectivity index (χ1n) is 11.7. The van der Waals surface area contributed by atoms with Crippen LogP contribution < -0.4 is 21.7 Å². The zero-order valence-electron chi connectivity index (χ0n) is 19.7. The van der Waals surface area contributed by atoms with Gasteiger partial charge in [-0.05, 0) is 72.9 Å². The number of amides is 1. The van der Waals surface area contributed by atoms with Crippen molar-refractivity contribution in [2.75, 3.05) is 32.8 Å². The van der Waals surface area contributed by atoms with Gasteiger partial charge in [0.05, 0.1) is 34.9 Å². The van der Waals surface area contributed by atoms with Gasteiger partial charge >= 0.3 is 5.69 Å². The van der Waals surface area contributed by atoms with Gasteiger partial charge in [0.2, 0.25) is 0 Å². The summed E-state index contributed by atoms with van der Waals surface area (Å²) < 4.78 is 13.3.